The van der Waals surface area contributed by atoms with Gasteiger partial charge in [0.2, 0.25) is 0 Å². The lowest BCUT2D eigenvalue weighted by Gasteiger charge is -2.25. The fourth-order valence-electron chi connectivity index (χ4n) is 2.50. The molecule has 2 heterocycles. The minimum atomic E-state index is 0.271. The van der Waals surface area contributed by atoms with Crippen LogP contribution in [0.1, 0.15) is 25.3 Å². The third-order valence-electron chi connectivity index (χ3n) is 3.34. The molecule has 0 unspecified atom stereocenters. The van der Waals surface area contributed by atoms with Crippen molar-refractivity contribution >= 4 is 21.7 Å². The zero-order valence-corrected chi connectivity index (χ0v) is 13.0. The summed E-state index contributed by atoms with van der Waals surface area (Å²) >= 11 is 3.62. The number of rotatable bonds is 2. The van der Waals surface area contributed by atoms with Gasteiger partial charge < -0.3 is 15.2 Å². The van der Waals surface area contributed by atoms with Gasteiger partial charge in [-0.2, -0.15) is 5.10 Å². The van der Waals surface area contributed by atoms with Gasteiger partial charge in [-0.1, -0.05) is 13.8 Å². The summed E-state index contributed by atoms with van der Waals surface area (Å²) in [6.07, 6.45) is 1.73. The predicted molar refractivity (Wildman–Crippen MR) is 81.2 cm³/mol. The highest BCUT2D eigenvalue weighted by Crippen LogP contribution is 2.48. The Balaban J connectivity index is 2.31. The molecule has 20 heavy (non-hydrogen) atoms. The van der Waals surface area contributed by atoms with Gasteiger partial charge in [-0.25, -0.2) is 0 Å². The molecule has 1 aromatic heterocycles. The molecule has 1 aliphatic rings. The summed E-state index contributed by atoms with van der Waals surface area (Å²) in [6.45, 7) is 5.39. The Morgan fingerprint density at radius 3 is 2.75 bits per heavy atom. The molecular weight excluding hydrogens is 322 g/mol. The second-order valence-corrected chi connectivity index (χ2v) is 5.88. The summed E-state index contributed by atoms with van der Waals surface area (Å²) in [5, 5.41) is 6.78. The zero-order chi connectivity index (χ0) is 14.3. The van der Waals surface area contributed by atoms with E-state index in [1.165, 1.54) is 0 Å². The molecule has 1 aliphatic heterocycles. The summed E-state index contributed by atoms with van der Waals surface area (Å²) in [4.78, 5) is 0. The van der Waals surface area contributed by atoms with Gasteiger partial charge in [-0.05, 0) is 27.9 Å². The maximum absolute atomic E-state index is 5.98. The lowest BCUT2D eigenvalue weighted by atomic mass is 9.92. The Morgan fingerprint density at radius 1 is 1.35 bits per heavy atom. The molecule has 1 aromatic carbocycles. The predicted octanol–water partition coefficient (Wildman–Crippen LogP) is 3.32. The van der Waals surface area contributed by atoms with Gasteiger partial charge in [0, 0.05) is 21.2 Å². The number of H-pyrrole nitrogens is 1. The maximum Gasteiger partial charge on any atom is 0.165 e. The van der Waals surface area contributed by atoms with Crippen LogP contribution in [0, 0.1) is 0 Å². The van der Waals surface area contributed by atoms with E-state index >= 15 is 0 Å². The van der Waals surface area contributed by atoms with E-state index in [1.54, 1.807) is 6.20 Å². The molecule has 3 N–H and O–H groups in total. The van der Waals surface area contributed by atoms with Crippen molar-refractivity contribution in [3.05, 3.63) is 22.3 Å². The van der Waals surface area contributed by atoms with E-state index in [0.29, 0.717) is 19.0 Å². The normalized spacial score (nSPS) is 13.8. The number of fused-ring (bicyclic) bond motifs is 1. The van der Waals surface area contributed by atoms with Crippen molar-refractivity contribution in [2.24, 2.45) is 0 Å². The number of nitrogens with zero attached hydrogens (tertiary/aromatic N) is 1. The fraction of sp³-hybridized carbons (Fsp3) is 0.357. The van der Waals surface area contributed by atoms with Gasteiger partial charge in [-0.3, -0.25) is 5.10 Å². The molecule has 0 bridgehead atoms. The first-order valence-corrected chi connectivity index (χ1v) is 7.30. The molecule has 0 amide bonds. The van der Waals surface area contributed by atoms with E-state index in [0.717, 1.165) is 32.7 Å². The number of anilines is 1. The number of hydrogen-bond acceptors (Lipinski definition) is 4. The van der Waals surface area contributed by atoms with Crippen LogP contribution in [0.2, 0.25) is 0 Å². The second-order valence-electron chi connectivity index (χ2n) is 5.02. The van der Waals surface area contributed by atoms with E-state index in [4.69, 9.17) is 15.2 Å². The van der Waals surface area contributed by atoms with Gasteiger partial charge in [0.15, 0.2) is 11.5 Å². The molecule has 0 saturated heterocycles. The van der Waals surface area contributed by atoms with Crippen molar-refractivity contribution in [2.75, 3.05) is 18.9 Å². The standard InChI is InChI=1S/C14H16BrN3O2/c1-7(2)11-12(8-6-17-18-14(8)16)9(15)5-10-13(11)20-4-3-19-10/h5-7H,3-4H2,1-2H3,(H3,16,17,18). The number of aromatic amines is 1. The third-order valence-corrected chi connectivity index (χ3v) is 3.96. The first-order chi connectivity index (χ1) is 9.59. The number of ether oxygens (including phenoxy) is 2. The van der Waals surface area contributed by atoms with Crippen LogP contribution in [-0.4, -0.2) is 23.4 Å². The van der Waals surface area contributed by atoms with E-state index in [-0.39, 0.29) is 5.92 Å². The molecule has 0 radical (unpaired) electrons. The van der Waals surface area contributed by atoms with Gasteiger partial charge in [-0.15, -0.1) is 0 Å². The Morgan fingerprint density at radius 2 is 2.10 bits per heavy atom. The average molecular weight is 338 g/mol. The maximum atomic E-state index is 5.98. The Labute approximate surface area is 125 Å². The highest BCUT2D eigenvalue weighted by molar-refractivity contribution is 9.10. The van der Waals surface area contributed by atoms with Crippen LogP contribution < -0.4 is 15.2 Å². The highest BCUT2D eigenvalue weighted by Gasteiger charge is 2.26. The van der Waals surface area contributed by atoms with Crippen LogP contribution in [0.15, 0.2) is 16.7 Å². The summed E-state index contributed by atoms with van der Waals surface area (Å²) in [5.74, 6) is 2.40. The summed E-state index contributed by atoms with van der Waals surface area (Å²) in [5.41, 5.74) is 8.94. The summed E-state index contributed by atoms with van der Waals surface area (Å²) < 4.78 is 12.4. The van der Waals surface area contributed by atoms with E-state index in [1.807, 2.05) is 6.07 Å². The lowest BCUT2D eigenvalue weighted by molar-refractivity contribution is 0.169. The number of benzene rings is 1. The number of aromatic nitrogens is 2. The molecule has 2 aromatic rings. The first kappa shape index (κ1) is 13.3. The SMILES string of the molecule is CC(C)c1c2c(cc(Br)c1-c1cn[nH]c1N)OCCO2. The zero-order valence-electron chi connectivity index (χ0n) is 11.4. The van der Waals surface area contributed by atoms with Gasteiger partial charge in [0.1, 0.15) is 19.0 Å². The summed E-state index contributed by atoms with van der Waals surface area (Å²) in [6, 6.07) is 1.93. The molecular formula is C14H16BrN3O2. The van der Waals surface area contributed by atoms with E-state index in [9.17, 15) is 0 Å². The molecule has 6 heteroatoms. The molecule has 0 aliphatic carbocycles. The van der Waals surface area contributed by atoms with Crippen LogP contribution in [-0.2, 0) is 0 Å². The van der Waals surface area contributed by atoms with Crippen LogP contribution in [0.4, 0.5) is 5.82 Å². The fourth-order valence-corrected chi connectivity index (χ4v) is 3.13. The number of hydrogen-bond donors (Lipinski definition) is 2. The van der Waals surface area contributed by atoms with Crippen LogP contribution in [0.25, 0.3) is 11.1 Å². The van der Waals surface area contributed by atoms with Crippen molar-refractivity contribution < 1.29 is 9.47 Å². The third kappa shape index (κ3) is 2.04. The van der Waals surface area contributed by atoms with Crippen LogP contribution in [0.3, 0.4) is 0 Å². The number of nitrogens with one attached hydrogen (secondary N) is 1. The van der Waals surface area contributed by atoms with Gasteiger partial charge in [0.05, 0.1) is 6.20 Å². The van der Waals surface area contributed by atoms with Crippen LogP contribution in [0.5, 0.6) is 11.5 Å². The smallest absolute Gasteiger partial charge is 0.165 e. The van der Waals surface area contributed by atoms with E-state index < -0.39 is 0 Å². The van der Waals surface area contributed by atoms with Crippen molar-refractivity contribution in [3.63, 3.8) is 0 Å². The molecule has 0 atom stereocenters. The minimum absolute atomic E-state index is 0.271. The Bertz CT molecular complexity index is 652. The van der Waals surface area contributed by atoms with Crippen molar-refractivity contribution in [1.29, 1.82) is 0 Å². The largest absolute Gasteiger partial charge is 0.486 e. The topological polar surface area (TPSA) is 73.2 Å². The van der Waals surface area contributed by atoms with E-state index in [2.05, 4.69) is 40.0 Å². The monoisotopic (exact) mass is 337 g/mol. The molecule has 0 saturated carbocycles. The summed E-state index contributed by atoms with van der Waals surface area (Å²) in [7, 11) is 0. The van der Waals surface area contributed by atoms with Gasteiger partial charge in [0.25, 0.3) is 0 Å². The van der Waals surface area contributed by atoms with Gasteiger partial charge >= 0.3 is 0 Å². The second kappa shape index (κ2) is 5.01. The van der Waals surface area contributed by atoms with Crippen molar-refractivity contribution in [3.8, 4) is 22.6 Å². The number of halogens is 1. The minimum Gasteiger partial charge on any atom is -0.486 e. The number of nitrogen functional groups attached to an aromatic ring is 1. The molecule has 3 rings (SSSR count). The highest BCUT2D eigenvalue weighted by atomic mass is 79.9. The van der Waals surface area contributed by atoms with Crippen molar-refractivity contribution in [1.82, 2.24) is 10.2 Å². The lowest BCUT2D eigenvalue weighted by Crippen LogP contribution is -2.17. The molecule has 5 nitrogen and oxygen atoms in total. The molecule has 0 spiro atoms. The Hall–Kier alpha value is -1.69. The number of nitrogens with two attached hydrogens (primary N) is 1. The quantitative estimate of drug-likeness (QED) is 0.881. The van der Waals surface area contributed by atoms with Crippen molar-refractivity contribution in [2.45, 2.75) is 19.8 Å². The Kier molecular flexibility index (Phi) is 3.33. The van der Waals surface area contributed by atoms with Crippen LogP contribution >= 0.6 is 15.9 Å². The first-order valence-electron chi connectivity index (χ1n) is 6.50. The molecule has 106 valence electrons. The average Bonchev–Trinajstić information content (AvgIpc) is 2.83. The molecule has 0 fully saturated rings.